The van der Waals surface area contributed by atoms with E-state index in [1.165, 1.54) is 0 Å². The van der Waals surface area contributed by atoms with Crippen LogP contribution in [-0.4, -0.2) is 18.6 Å². The fourth-order valence-electron chi connectivity index (χ4n) is 1.78. The molecule has 1 saturated heterocycles. The first-order valence-corrected chi connectivity index (χ1v) is 5.67. The molecule has 1 amide bonds. The normalized spacial score (nSPS) is 22.1. The Hall–Kier alpha value is -1.57. The highest BCUT2D eigenvalue weighted by molar-refractivity contribution is 6.31. The molecule has 3 nitrogen and oxygen atoms in total. The molecule has 0 bridgehead atoms. The largest absolute Gasteiger partial charge is 0.443 e. The fraction of sp³-hybridized carbons (Fsp3) is 0.364. The number of cyclic esters (lactones) is 1. The van der Waals surface area contributed by atoms with Crippen LogP contribution in [0.15, 0.2) is 18.2 Å². The van der Waals surface area contributed by atoms with Crippen molar-refractivity contribution in [2.75, 3.05) is 6.61 Å². The fourth-order valence-corrected chi connectivity index (χ4v) is 2.00. The van der Waals surface area contributed by atoms with Gasteiger partial charge in [-0.2, -0.15) is 13.2 Å². The first-order valence-electron chi connectivity index (χ1n) is 5.29. The van der Waals surface area contributed by atoms with Crippen molar-refractivity contribution < 1.29 is 31.5 Å². The van der Waals surface area contributed by atoms with E-state index in [2.05, 4.69) is 4.74 Å². The minimum absolute atomic E-state index is 0.400. The van der Waals surface area contributed by atoms with Crippen LogP contribution in [0, 0.1) is 0 Å². The van der Waals surface area contributed by atoms with Crippen molar-refractivity contribution in [2.24, 2.45) is 0 Å². The molecule has 1 aromatic carbocycles. The Labute approximate surface area is 114 Å². The Bertz CT molecular complexity index is 546. The summed E-state index contributed by atoms with van der Waals surface area (Å²) in [7, 11) is 0. The summed E-state index contributed by atoms with van der Waals surface area (Å²) in [6.45, 7) is -1.20. The van der Waals surface area contributed by atoms with Crippen molar-refractivity contribution in [3.05, 3.63) is 34.3 Å². The number of ether oxygens (including phenoxy) is 1. The quantitative estimate of drug-likeness (QED) is 0.801. The van der Waals surface area contributed by atoms with Gasteiger partial charge in [0.05, 0.1) is 10.6 Å². The molecule has 0 radical (unpaired) electrons. The molecule has 1 aromatic rings. The van der Waals surface area contributed by atoms with E-state index in [0.717, 1.165) is 12.1 Å². The minimum atomic E-state index is -4.78. The van der Waals surface area contributed by atoms with Crippen LogP contribution in [0.1, 0.15) is 17.2 Å². The van der Waals surface area contributed by atoms with Crippen LogP contribution in [0.25, 0.3) is 0 Å². The van der Waals surface area contributed by atoms with Crippen molar-refractivity contribution in [3.63, 3.8) is 0 Å². The monoisotopic (exact) mass is 315 g/mol. The van der Waals surface area contributed by atoms with Crippen molar-refractivity contribution >= 4 is 17.7 Å². The van der Waals surface area contributed by atoms with Crippen LogP contribution in [0.2, 0.25) is 5.02 Å². The Kier molecular flexibility index (Phi) is 3.53. The topological polar surface area (TPSA) is 38.3 Å². The molecule has 1 aliphatic rings. The molecule has 1 fully saturated rings. The maximum atomic E-state index is 13.6. The second-order valence-electron chi connectivity index (χ2n) is 4.15. The zero-order valence-corrected chi connectivity index (χ0v) is 10.4. The van der Waals surface area contributed by atoms with Crippen LogP contribution >= 0.6 is 11.6 Å². The second-order valence-corrected chi connectivity index (χ2v) is 4.56. The van der Waals surface area contributed by atoms with Gasteiger partial charge in [0.1, 0.15) is 6.04 Å². The molecule has 110 valence electrons. The lowest BCUT2D eigenvalue weighted by Gasteiger charge is -2.32. The second kappa shape index (κ2) is 4.76. The van der Waals surface area contributed by atoms with Crippen molar-refractivity contribution in [2.45, 2.75) is 18.1 Å². The Morgan fingerprint density at radius 1 is 1.35 bits per heavy atom. The summed E-state index contributed by atoms with van der Waals surface area (Å²) >= 11 is 5.40. The van der Waals surface area contributed by atoms with Gasteiger partial charge in [0, 0.05) is 0 Å². The van der Waals surface area contributed by atoms with E-state index >= 15 is 0 Å². The van der Waals surface area contributed by atoms with E-state index < -0.39 is 47.0 Å². The van der Waals surface area contributed by atoms with Crippen LogP contribution in [0.5, 0.6) is 0 Å². The molecule has 0 spiro atoms. The molecule has 9 heteroatoms. The van der Waals surface area contributed by atoms with E-state index in [-0.39, 0.29) is 0 Å². The average molecular weight is 316 g/mol. The Morgan fingerprint density at radius 2 is 2.00 bits per heavy atom. The zero-order chi connectivity index (χ0) is 15.1. The lowest BCUT2D eigenvalue weighted by Crippen LogP contribution is -2.49. The number of amides is 1. The predicted octanol–water partition coefficient (Wildman–Crippen LogP) is 3.78. The number of alkyl halides is 5. The van der Waals surface area contributed by atoms with Gasteiger partial charge >= 0.3 is 18.2 Å². The van der Waals surface area contributed by atoms with Gasteiger partial charge < -0.3 is 10.1 Å². The van der Waals surface area contributed by atoms with Crippen LogP contribution in [-0.2, 0) is 10.9 Å². The highest BCUT2D eigenvalue weighted by Gasteiger charge is 2.47. The Morgan fingerprint density at radius 3 is 2.60 bits per heavy atom. The summed E-state index contributed by atoms with van der Waals surface area (Å²) in [6, 6.07) is 0.452. The summed E-state index contributed by atoms with van der Waals surface area (Å²) < 4.78 is 69.4. The standard InChI is InChI=1S/C11H7ClF5NO2/c12-7-2-1-5(3-6(7)11(15,16)17)8-10(13,14)4-20-9(19)18-8/h1-3,8H,4H2,(H,18,19)/t8-/m0/s1. The molecule has 0 aliphatic carbocycles. The molecule has 0 unspecified atom stereocenters. The zero-order valence-electron chi connectivity index (χ0n) is 9.60. The number of rotatable bonds is 1. The van der Waals surface area contributed by atoms with Gasteiger partial charge in [0.2, 0.25) is 0 Å². The molecule has 1 N–H and O–H groups in total. The SMILES string of the molecule is O=C1N[C@@H](c2ccc(Cl)c(C(F)(F)F)c2)C(F)(F)CO1. The molecule has 1 heterocycles. The minimum Gasteiger partial charge on any atom is -0.443 e. The number of benzene rings is 1. The van der Waals surface area contributed by atoms with Crippen LogP contribution < -0.4 is 5.32 Å². The third-order valence-electron chi connectivity index (χ3n) is 2.71. The molecule has 2 rings (SSSR count). The van der Waals surface area contributed by atoms with Gasteiger partial charge in [0.25, 0.3) is 0 Å². The van der Waals surface area contributed by atoms with Crippen molar-refractivity contribution in [1.29, 1.82) is 0 Å². The lowest BCUT2D eigenvalue weighted by atomic mass is 9.98. The number of alkyl carbamates (subject to hydrolysis) is 1. The molecule has 20 heavy (non-hydrogen) atoms. The van der Waals surface area contributed by atoms with E-state index in [9.17, 15) is 26.7 Å². The van der Waals surface area contributed by atoms with Gasteiger partial charge in [-0.25, -0.2) is 13.6 Å². The summed E-state index contributed by atoms with van der Waals surface area (Å²) in [4.78, 5) is 11.0. The van der Waals surface area contributed by atoms with Crippen LogP contribution in [0.3, 0.4) is 0 Å². The number of carbonyl (C=O) groups excluding carboxylic acids is 1. The van der Waals surface area contributed by atoms with E-state index in [4.69, 9.17) is 11.6 Å². The van der Waals surface area contributed by atoms with Crippen molar-refractivity contribution in [3.8, 4) is 0 Å². The van der Waals surface area contributed by atoms with E-state index in [1.54, 1.807) is 5.32 Å². The number of nitrogens with one attached hydrogen (secondary N) is 1. The number of hydrogen-bond acceptors (Lipinski definition) is 2. The molecule has 1 aliphatic heterocycles. The van der Waals surface area contributed by atoms with Crippen molar-refractivity contribution in [1.82, 2.24) is 5.32 Å². The number of halogens is 6. The highest BCUT2D eigenvalue weighted by Crippen LogP contribution is 2.39. The Balaban J connectivity index is 2.44. The van der Waals surface area contributed by atoms with Gasteiger partial charge in [-0.1, -0.05) is 17.7 Å². The summed E-state index contributed by atoms with van der Waals surface area (Å²) in [5.74, 6) is -3.52. The van der Waals surface area contributed by atoms with Gasteiger partial charge in [-0.05, 0) is 17.7 Å². The van der Waals surface area contributed by atoms with Gasteiger partial charge in [-0.3, -0.25) is 0 Å². The number of carbonyl (C=O) groups is 1. The average Bonchev–Trinajstić information content (AvgIpc) is 2.32. The first-order chi connectivity index (χ1) is 9.11. The van der Waals surface area contributed by atoms with E-state index in [1.807, 2.05) is 0 Å². The molecular weight excluding hydrogens is 309 g/mol. The summed E-state index contributed by atoms with van der Waals surface area (Å²) in [5.41, 5.74) is -1.64. The smallest absolute Gasteiger partial charge is 0.417 e. The third-order valence-corrected chi connectivity index (χ3v) is 3.04. The molecular formula is C11H7ClF5NO2. The summed E-state index contributed by atoms with van der Waals surface area (Å²) in [5, 5.41) is 1.19. The maximum Gasteiger partial charge on any atom is 0.417 e. The number of hydrogen-bond donors (Lipinski definition) is 1. The molecule has 0 aromatic heterocycles. The van der Waals surface area contributed by atoms with E-state index in [0.29, 0.717) is 6.07 Å². The third kappa shape index (κ3) is 2.79. The highest BCUT2D eigenvalue weighted by atomic mass is 35.5. The van der Waals surface area contributed by atoms with Crippen LogP contribution in [0.4, 0.5) is 26.7 Å². The first kappa shape index (κ1) is 14.8. The summed E-state index contributed by atoms with van der Waals surface area (Å²) in [6.07, 6.45) is -5.90. The van der Waals surface area contributed by atoms with Gasteiger partial charge in [0.15, 0.2) is 6.61 Å². The molecule has 1 atom stereocenters. The molecule has 0 saturated carbocycles. The van der Waals surface area contributed by atoms with Gasteiger partial charge in [-0.15, -0.1) is 0 Å². The predicted molar refractivity (Wildman–Crippen MR) is 58.6 cm³/mol. The maximum absolute atomic E-state index is 13.6. The lowest BCUT2D eigenvalue weighted by molar-refractivity contribution is -0.137.